The van der Waals surface area contributed by atoms with Crippen molar-refractivity contribution in [3.8, 4) is 123 Å². The Morgan fingerprint density at radius 3 is 0.819 bits per heavy atom. The summed E-state index contributed by atoms with van der Waals surface area (Å²) in [5.74, 6) is 6.88. The van der Waals surface area contributed by atoms with Crippen LogP contribution in [0, 0.1) is 47.3 Å². The summed E-state index contributed by atoms with van der Waals surface area (Å²) in [6, 6.07) is 164. The van der Waals surface area contributed by atoms with Gasteiger partial charge in [0.25, 0.3) is 0 Å². The number of hydrogen-bond acceptors (Lipinski definition) is 0. The highest BCUT2D eigenvalue weighted by Crippen LogP contribution is 2.72. The van der Waals surface area contributed by atoms with Crippen LogP contribution in [-0.4, -0.2) is 18.3 Å². The average molecular weight is 1770 g/mol. The van der Waals surface area contributed by atoms with Crippen molar-refractivity contribution in [3.63, 3.8) is 0 Å². The largest absolute Gasteiger partial charge is 0.309 e. The maximum Gasteiger partial charge on any atom is 0.0547 e. The molecule has 4 heteroatoms. The van der Waals surface area contributed by atoms with Gasteiger partial charge in [0.15, 0.2) is 0 Å². The lowest BCUT2D eigenvalue weighted by molar-refractivity contribution is -0.0399. The van der Waals surface area contributed by atoms with Gasteiger partial charge in [0.2, 0.25) is 0 Å². The first-order chi connectivity index (χ1) is 68.3. The molecule has 2 spiro atoms. The van der Waals surface area contributed by atoms with Crippen molar-refractivity contribution in [2.75, 3.05) is 0 Å². The van der Waals surface area contributed by atoms with Crippen LogP contribution in [0.2, 0.25) is 0 Å². The lowest BCUT2D eigenvalue weighted by atomic mass is 9.43. The van der Waals surface area contributed by atoms with Crippen molar-refractivity contribution in [2.45, 2.75) is 75.0 Å². The van der Waals surface area contributed by atoms with Crippen molar-refractivity contribution >= 4 is 87.2 Å². The van der Waals surface area contributed by atoms with Crippen LogP contribution in [0.1, 0.15) is 86.5 Å². The van der Waals surface area contributed by atoms with E-state index < -0.39 is 0 Å². The number of rotatable bonds is 11. The maximum atomic E-state index is 2.61. The van der Waals surface area contributed by atoms with E-state index in [1.807, 2.05) is 0 Å². The monoisotopic (exact) mass is 1760 g/mol. The van der Waals surface area contributed by atoms with Crippen LogP contribution in [0.5, 0.6) is 0 Å². The van der Waals surface area contributed by atoms with E-state index in [1.165, 1.54) is 263 Å². The summed E-state index contributed by atoms with van der Waals surface area (Å²) in [7, 11) is 0. The molecule has 656 valence electrons. The Bertz CT molecular complexity index is 8880. The number of hydrogen-bond donors (Lipinski definition) is 0. The molecule has 0 unspecified atom stereocenters. The summed E-state index contributed by atoms with van der Waals surface area (Å²) in [6.07, 6.45) is 14.3. The maximum absolute atomic E-state index is 2.61. The second-order valence-electron chi connectivity index (χ2n) is 41.8. The van der Waals surface area contributed by atoms with E-state index in [0.717, 1.165) is 58.7 Å². The lowest BCUT2D eigenvalue weighted by Gasteiger charge is -2.61. The van der Waals surface area contributed by atoms with Gasteiger partial charge in [-0.15, -0.1) is 0 Å². The molecule has 0 radical (unpaired) electrons. The summed E-state index contributed by atoms with van der Waals surface area (Å²) < 4.78 is 9.69. The van der Waals surface area contributed by atoms with Crippen molar-refractivity contribution in [1.82, 2.24) is 18.3 Å². The molecule has 8 bridgehead atoms. The Morgan fingerprint density at radius 2 is 0.399 bits per heavy atom. The summed E-state index contributed by atoms with van der Waals surface area (Å²) in [4.78, 5) is 0. The van der Waals surface area contributed by atoms with Crippen LogP contribution < -0.4 is 0 Å². The molecule has 0 saturated heterocycles. The topological polar surface area (TPSA) is 19.7 Å². The zero-order chi connectivity index (χ0) is 90.2. The van der Waals surface area contributed by atoms with Gasteiger partial charge in [-0.2, -0.15) is 0 Å². The summed E-state index contributed by atoms with van der Waals surface area (Å²) in [5, 5.41) is 10.1. The van der Waals surface area contributed by atoms with E-state index in [2.05, 4.69) is 455 Å². The van der Waals surface area contributed by atoms with E-state index in [1.54, 1.807) is 22.3 Å². The number of fused-ring (bicyclic) bond motifs is 18. The second-order valence-corrected chi connectivity index (χ2v) is 41.8. The fourth-order valence-corrected chi connectivity index (χ4v) is 29.7. The van der Waals surface area contributed by atoms with Crippen LogP contribution in [0.3, 0.4) is 0 Å². The van der Waals surface area contributed by atoms with Crippen LogP contribution >= 0.6 is 0 Å². The van der Waals surface area contributed by atoms with Gasteiger partial charge in [-0.25, -0.2) is 0 Å². The molecule has 8 fully saturated rings. The predicted molar refractivity (Wildman–Crippen MR) is 575 cm³/mol. The first-order valence-corrected chi connectivity index (χ1v) is 50.6. The molecular weight excluding hydrogens is 1670 g/mol. The van der Waals surface area contributed by atoms with Gasteiger partial charge in [0, 0.05) is 76.7 Å². The third-order valence-corrected chi connectivity index (χ3v) is 35.0. The number of benzene rings is 19. The molecule has 0 atom stereocenters. The Balaban J connectivity index is 0.000000131. The van der Waals surface area contributed by atoms with Crippen LogP contribution in [-0.2, 0) is 10.8 Å². The smallest absolute Gasteiger partial charge is 0.0547 e. The van der Waals surface area contributed by atoms with Crippen molar-refractivity contribution in [1.29, 1.82) is 0 Å². The number of aromatic nitrogens is 4. The number of para-hydroxylation sites is 5. The minimum Gasteiger partial charge on any atom is -0.309 e. The quantitative estimate of drug-likeness (QED) is 0.123. The highest BCUT2D eigenvalue weighted by atomic mass is 15.0. The van der Waals surface area contributed by atoms with E-state index >= 15 is 0 Å². The molecule has 0 amide bonds. The van der Waals surface area contributed by atoms with Gasteiger partial charge >= 0.3 is 0 Å². The minimum atomic E-state index is 0.184. The standard InChI is InChI=1S/C70H52N2.C64H48N2/c1-2-11-46(12-3-1)50-13-10-14-57(40-50)72-67-20-9-6-17-61(67)63-41-51(29-34-68(63)72)53-28-33-62-60-16-5-8-19-66(60)71(69(62)43-53)56-30-25-48(26-31-56)47-21-23-49(24-22-47)52-27-32-59-58-15-4-7-18-64(58)70(65(59)42-52)54-36-44-35-45(38-54)39-55(70)37-44;1-2-10-50(11-3-1)65-60-16-8-5-13-54(60)56-37-45(25-30-62(56)65)46-26-31-63-57(38-46)55-14-6-9-17-61(55)66(63)51-27-22-43(23-28-51)42-18-20-44(21-19-42)47-24-29-53-52-12-4-7-15-58(52)64(59(53)39-47)48-33-40-32-41(35-48)36-49(64)34-40/h1-34,40-45,54-55H,35-39H2;1-31,37-41,48-49H,32-36H2. The third kappa shape index (κ3) is 11.7. The molecule has 23 aromatic rings. The molecule has 4 nitrogen and oxygen atoms in total. The summed E-state index contributed by atoms with van der Waals surface area (Å²) >= 11 is 0. The lowest BCUT2D eigenvalue weighted by Crippen LogP contribution is -2.55. The van der Waals surface area contributed by atoms with Crippen molar-refractivity contribution < 1.29 is 0 Å². The van der Waals surface area contributed by atoms with Gasteiger partial charge in [-0.05, 0) is 361 Å². The summed E-state index contributed by atoms with van der Waals surface area (Å²) in [5.41, 5.74) is 44.8. The van der Waals surface area contributed by atoms with Gasteiger partial charge in [0.1, 0.15) is 0 Å². The highest BCUT2D eigenvalue weighted by molar-refractivity contribution is 6.15. The molecule has 138 heavy (non-hydrogen) atoms. The minimum absolute atomic E-state index is 0.184. The SMILES string of the molecule is c1ccc(-c2cccc(-n3c4ccccc4c4cc(-c5ccc6c7ccccc7n(-c7ccc(-c8ccc(-c9ccc%10c(c9)C9(c%11ccccc%11-%10)C%10CC%11CC(C%10)CC9C%11)cc8)cc7)c6c5)ccc43)c2)cc1.c1ccc(-n2c3ccccc3c3cc(-c4ccc5c(c4)c4ccccc4n5-c4ccc(-c5ccc(-c6ccc7c(c6)C6(c8ccccc8-7)C7CC8CC(C7)CC6C8)cc5)cc4)ccc32)cc1. The Kier molecular flexibility index (Phi) is 17.4. The van der Waals surface area contributed by atoms with E-state index in [-0.39, 0.29) is 10.8 Å². The van der Waals surface area contributed by atoms with Crippen LogP contribution in [0.15, 0.2) is 437 Å². The second kappa shape index (κ2) is 30.4. The average Bonchev–Trinajstić information content (AvgIpc) is 1.41. The Labute approximate surface area is 804 Å². The van der Waals surface area contributed by atoms with Crippen molar-refractivity contribution in [2.24, 2.45) is 47.3 Å². The number of nitrogens with zero attached hydrogens (tertiary/aromatic N) is 4. The van der Waals surface area contributed by atoms with Crippen LogP contribution in [0.4, 0.5) is 0 Å². The van der Waals surface area contributed by atoms with Crippen molar-refractivity contribution in [3.05, 3.63) is 459 Å². The molecule has 33 rings (SSSR count). The molecule has 10 aliphatic carbocycles. The molecule has 4 aromatic heterocycles. The molecular formula is C134H100N4. The molecule has 8 saturated carbocycles. The highest BCUT2D eigenvalue weighted by Gasteiger charge is 2.63. The third-order valence-electron chi connectivity index (χ3n) is 35.0. The molecule has 4 heterocycles. The fourth-order valence-electron chi connectivity index (χ4n) is 29.7. The van der Waals surface area contributed by atoms with E-state index in [9.17, 15) is 0 Å². The Morgan fingerprint density at radius 1 is 0.145 bits per heavy atom. The van der Waals surface area contributed by atoms with Gasteiger partial charge in [-0.3, -0.25) is 0 Å². The van der Waals surface area contributed by atoms with Gasteiger partial charge in [-0.1, -0.05) is 309 Å². The van der Waals surface area contributed by atoms with Gasteiger partial charge in [0.05, 0.1) is 44.1 Å². The zero-order valence-electron chi connectivity index (χ0n) is 77.0. The first-order valence-electron chi connectivity index (χ1n) is 50.6. The molecule has 19 aromatic carbocycles. The Hall–Kier alpha value is -15.6. The predicted octanol–water partition coefficient (Wildman–Crippen LogP) is 34.9. The zero-order valence-corrected chi connectivity index (χ0v) is 77.0. The van der Waals surface area contributed by atoms with Gasteiger partial charge < -0.3 is 18.3 Å². The van der Waals surface area contributed by atoms with Crippen LogP contribution in [0.25, 0.3) is 210 Å². The molecule has 0 N–H and O–H groups in total. The first kappa shape index (κ1) is 78.7. The fraction of sp³-hybridized carbons (Fsp3) is 0.149. The normalized spacial score (nSPS) is 21.0. The van der Waals surface area contributed by atoms with E-state index in [4.69, 9.17) is 0 Å². The molecule has 10 aliphatic rings. The summed E-state index contributed by atoms with van der Waals surface area (Å²) in [6.45, 7) is 0. The molecule has 0 aliphatic heterocycles. The van der Waals surface area contributed by atoms with E-state index in [0.29, 0.717) is 0 Å².